The number of hydrogen-bond donors (Lipinski definition) is 1. The fourth-order valence-electron chi connectivity index (χ4n) is 3.45. The number of carbonyl (C=O) groups excluding carboxylic acids is 2. The second kappa shape index (κ2) is 8.36. The first-order valence-electron chi connectivity index (χ1n) is 9.17. The van der Waals surface area contributed by atoms with Gasteiger partial charge in [-0.15, -0.1) is 0 Å². The molecule has 6 heteroatoms. The average Bonchev–Trinajstić information content (AvgIpc) is 3.02. The smallest absolute Gasteiger partial charge is 0.306 e. The Hall–Kier alpha value is -2.34. The molecule has 2 atom stereocenters. The van der Waals surface area contributed by atoms with E-state index in [-0.39, 0.29) is 30.7 Å². The third-order valence-corrected chi connectivity index (χ3v) is 4.63. The third-order valence-electron chi connectivity index (χ3n) is 4.63. The highest BCUT2D eigenvalue weighted by Gasteiger charge is 2.26. The van der Waals surface area contributed by atoms with Crippen LogP contribution < -0.4 is 0 Å². The van der Waals surface area contributed by atoms with Crippen molar-refractivity contribution in [2.75, 3.05) is 19.7 Å². The van der Waals surface area contributed by atoms with Gasteiger partial charge in [0.2, 0.25) is 0 Å². The van der Waals surface area contributed by atoms with Crippen LogP contribution in [0.25, 0.3) is 10.9 Å². The third kappa shape index (κ3) is 4.64. The van der Waals surface area contributed by atoms with Crippen molar-refractivity contribution in [3.05, 3.63) is 36.0 Å². The van der Waals surface area contributed by atoms with Crippen LogP contribution in [0.5, 0.6) is 0 Å². The summed E-state index contributed by atoms with van der Waals surface area (Å²) in [5, 5.41) is 1.19. The van der Waals surface area contributed by atoms with Gasteiger partial charge in [-0.1, -0.05) is 18.2 Å². The molecule has 0 unspecified atom stereocenters. The van der Waals surface area contributed by atoms with E-state index in [0.717, 1.165) is 11.9 Å². The van der Waals surface area contributed by atoms with Crippen molar-refractivity contribution >= 4 is 22.8 Å². The number of fused-ring (bicyclic) bond motifs is 1. The number of nitrogens with zero attached hydrogens (tertiary/aromatic N) is 1. The molecule has 0 bridgehead atoms. The van der Waals surface area contributed by atoms with Crippen LogP contribution in [0.2, 0.25) is 0 Å². The molecule has 6 nitrogen and oxygen atoms in total. The molecule has 1 amide bonds. The maximum absolute atomic E-state index is 12.2. The van der Waals surface area contributed by atoms with Crippen LogP contribution in [0.4, 0.5) is 0 Å². The number of ether oxygens (including phenoxy) is 2. The standard InChI is InChI=1S/C20H26N2O4/c1-14-11-22(12-15(2)26-14)19(23)13-25-20(24)9-5-6-16-10-21-18-8-4-3-7-17(16)18/h3-4,7-8,10,14-15,21H,5-6,9,11-13H2,1-2H3/t14-,15-/m1/s1. The molecule has 2 heterocycles. The minimum absolute atomic E-state index is 0.00887. The number of rotatable bonds is 6. The normalized spacial score (nSPS) is 20.3. The molecular weight excluding hydrogens is 332 g/mol. The monoisotopic (exact) mass is 358 g/mol. The summed E-state index contributed by atoms with van der Waals surface area (Å²) >= 11 is 0. The van der Waals surface area contributed by atoms with Crippen LogP contribution in [0.3, 0.4) is 0 Å². The summed E-state index contributed by atoms with van der Waals surface area (Å²) in [6.07, 6.45) is 3.80. The molecule has 0 radical (unpaired) electrons. The number of aryl methyl sites for hydroxylation is 1. The lowest BCUT2D eigenvalue weighted by Crippen LogP contribution is -2.49. The molecule has 0 spiro atoms. The minimum atomic E-state index is -0.326. The Kier molecular flexibility index (Phi) is 5.93. The number of morpholine rings is 1. The number of amides is 1. The molecule has 1 N–H and O–H groups in total. The SMILES string of the molecule is C[C@@H]1CN(C(=O)COC(=O)CCCc2c[nH]c3ccccc23)C[C@@H](C)O1. The zero-order valence-corrected chi connectivity index (χ0v) is 15.4. The van der Waals surface area contributed by atoms with E-state index in [1.165, 1.54) is 10.9 Å². The van der Waals surface area contributed by atoms with E-state index in [1.807, 2.05) is 38.2 Å². The van der Waals surface area contributed by atoms with Gasteiger partial charge in [-0.3, -0.25) is 9.59 Å². The molecule has 26 heavy (non-hydrogen) atoms. The molecule has 0 saturated carbocycles. The highest BCUT2D eigenvalue weighted by Crippen LogP contribution is 2.19. The van der Waals surface area contributed by atoms with Gasteiger partial charge in [0.05, 0.1) is 12.2 Å². The number of carbonyl (C=O) groups is 2. The highest BCUT2D eigenvalue weighted by molar-refractivity contribution is 5.83. The quantitative estimate of drug-likeness (QED) is 0.806. The maximum Gasteiger partial charge on any atom is 0.306 e. The number of aromatic nitrogens is 1. The predicted molar refractivity (Wildman–Crippen MR) is 98.8 cm³/mol. The van der Waals surface area contributed by atoms with Crippen molar-refractivity contribution in [1.29, 1.82) is 0 Å². The number of H-pyrrole nitrogens is 1. The molecule has 1 fully saturated rings. The summed E-state index contributed by atoms with van der Waals surface area (Å²) in [5.41, 5.74) is 2.30. The molecule has 2 aromatic rings. The van der Waals surface area contributed by atoms with Gasteiger partial charge >= 0.3 is 5.97 Å². The first-order valence-corrected chi connectivity index (χ1v) is 9.17. The van der Waals surface area contributed by atoms with Crippen LogP contribution >= 0.6 is 0 Å². The number of para-hydroxylation sites is 1. The molecule has 140 valence electrons. The van der Waals surface area contributed by atoms with Gasteiger partial charge in [-0.25, -0.2) is 0 Å². The highest BCUT2D eigenvalue weighted by atomic mass is 16.5. The van der Waals surface area contributed by atoms with Crippen molar-refractivity contribution in [3.63, 3.8) is 0 Å². The Morgan fingerprint density at radius 2 is 1.96 bits per heavy atom. The Balaban J connectivity index is 1.39. The number of benzene rings is 1. The summed E-state index contributed by atoms with van der Waals surface area (Å²) < 4.78 is 10.8. The summed E-state index contributed by atoms with van der Waals surface area (Å²) in [7, 11) is 0. The van der Waals surface area contributed by atoms with Crippen LogP contribution in [0.1, 0.15) is 32.3 Å². The minimum Gasteiger partial charge on any atom is -0.456 e. The van der Waals surface area contributed by atoms with Crippen LogP contribution in [-0.2, 0) is 25.5 Å². The fourth-order valence-corrected chi connectivity index (χ4v) is 3.45. The van der Waals surface area contributed by atoms with Crippen molar-refractivity contribution in [3.8, 4) is 0 Å². The zero-order chi connectivity index (χ0) is 18.5. The van der Waals surface area contributed by atoms with E-state index in [4.69, 9.17) is 9.47 Å². The largest absolute Gasteiger partial charge is 0.456 e. The second-order valence-electron chi connectivity index (χ2n) is 6.93. The van der Waals surface area contributed by atoms with E-state index in [9.17, 15) is 9.59 Å². The molecule has 1 aromatic carbocycles. The van der Waals surface area contributed by atoms with Gasteiger partial charge in [0, 0.05) is 36.6 Å². The van der Waals surface area contributed by atoms with E-state index in [0.29, 0.717) is 25.9 Å². The lowest BCUT2D eigenvalue weighted by atomic mass is 10.1. The van der Waals surface area contributed by atoms with E-state index < -0.39 is 0 Å². The van der Waals surface area contributed by atoms with Crippen molar-refractivity contribution in [2.45, 2.75) is 45.3 Å². The average molecular weight is 358 g/mol. The molecule has 1 saturated heterocycles. The van der Waals surface area contributed by atoms with Crippen molar-refractivity contribution in [1.82, 2.24) is 9.88 Å². The van der Waals surface area contributed by atoms with Crippen molar-refractivity contribution in [2.24, 2.45) is 0 Å². The molecule has 1 aliphatic heterocycles. The van der Waals surface area contributed by atoms with E-state index in [1.54, 1.807) is 4.90 Å². The lowest BCUT2D eigenvalue weighted by molar-refractivity contribution is -0.157. The van der Waals surface area contributed by atoms with Gasteiger partial charge < -0.3 is 19.4 Å². The molecule has 1 aliphatic rings. The lowest BCUT2D eigenvalue weighted by Gasteiger charge is -2.35. The van der Waals surface area contributed by atoms with E-state index >= 15 is 0 Å². The predicted octanol–water partition coefficient (Wildman–Crippen LogP) is 2.67. The molecular formula is C20H26N2O4. The Labute approximate surface area is 153 Å². The second-order valence-corrected chi connectivity index (χ2v) is 6.93. The number of hydrogen-bond acceptors (Lipinski definition) is 4. The number of nitrogens with one attached hydrogen (secondary N) is 1. The van der Waals surface area contributed by atoms with Gasteiger partial charge in [-0.2, -0.15) is 0 Å². The summed E-state index contributed by atoms with van der Waals surface area (Å²) in [6, 6.07) is 8.11. The van der Waals surface area contributed by atoms with E-state index in [2.05, 4.69) is 11.1 Å². The van der Waals surface area contributed by atoms with Crippen LogP contribution in [0, 0.1) is 0 Å². The number of esters is 1. The van der Waals surface area contributed by atoms with Gasteiger partial charge in [0.25, 0.3) is 5.91 Å². The summed E-state index contributed by atoms with van der Waals surface area (Å²) in [5.74, 6) is -0.482. The van der Waals surface area contributed by atoms with Crippen LogP contribution in [0.15, 0.2) is 30.5 Å². The first kappa shape index (κ1) is 18.5. The number of aromatic amines is 1. The van der Waals surface area contributed by atoms with Crippen molar-refractivity contribution < 1.29 is 19.1 Å². The molecule has 1 aromatic heterocycles. The first-order chi connectivity index (χ1) is 12.5. The summed E-state index contributed by atoms with van der Waals surface area (Å²) in [6.45, 7) is 4.77. The van der Waals surface area contributed by atoms with Gasteiger partial charge in [-0.05, 0) is 38.3 Å². The Bertz CT molecular complexity index is 760. The topological polar surface area (TPSA) is 71.6 Å². The fraction of sp³-hybridized carbons (Fsp3) is 0.500. The maximum atomic E-state index is 12.2. The van der Waals surface area contributed by atoms with Gasteiger partial charge in [0.15, 0.2) is 6.61 Å². The van der Waals surface area contributed by atoms with Gasteiger partial charge in [0.1, 0.15) is 0 Å². The molecule has 3 rings (SSSR count). The Morgan fingerprint density at radius 3 is 2.73 bits per heavy atom. The molecule has 0 aliphatic carbocycles. The zero-order valence-electron chi connectivity index (χ0n) is 15.4. The Morgan fingerprint density at radius 1 is 1.23 bits per heavy atom. The van der Waals surface area contributed by atoms with Crippen LogP contribution in [-0.4, -0.2) is 53.7 Å². The summed E-state index contributed by atoms with van der Waals surface area (Å²) in [4.78, 5) is 29.1.